The van der Waals surface area contributed by atoms with Crippen molar-refractivity contribution >= 4 is 10.8 Å². The largest absolute Gasteiger partial charge is 0.854 e. The molecule has 0 fully saturated rings. The molecule has 0 unspecified atom stereocenters. The molecular weight excluding hydrogens is 160 g/mol. The minimum absolute atomic E-state index is 0.0294. The van der Waals surface area contributed by atoms with Crippen molar-refractivity contribution in [1.29, 1.82) is 0 Å². The average Bonchev–Trinajstić information content (AvgIpc) is 2.18. The Bertz CT molecular complexity index is 407. The normalized spacial score (nSPS) is 10.5. The Morgan fingerprint density at radius 2 is 1.69 bits per heavy atom. The second kappa shape index (κ2) is 3.58. The van der Waals surface area contributed by atoms with Crippen molar-refractivity contribution in [2.45, 2.75) is 6.42 Å². The molecule has 0 aliphatic heterocycles. The number of benzene rings is 2. The van der Waals surface area contributed by atoms with E-state index in [0.717, 1.165) is 5.56 Å². The molecule has 2 rings (SSSR count). The zero-order valence-electron chi connectivity index (χ0n) is 7.36. The van der Waals surface area contributed by atoms with E-state index in [1.807, 2.05) is 18.2 Å². The first kappa shape index (κ1) is 8.27. The lowest BCUT2D eigenvalue weighted by Gasteiger charge is -2.05. The molecule has 0 saturated heterocycles. The molecule has 2 aromatic rings. The highest BCUT2D eigenvalue weighted by Crippen LogP contribution is 2.15. The molecule has 0 aliphatic rings. The molecule has 0 bridgehead atoms. The second-order valence-electron chi connectivity index (χ2n) is 3.14. The van der Waals surface area contributed by atoms with Crippen molar-refractivity contribution in [2.24, 2.45) is 0 Å². The molecule has 0 heterocycles. The minimum atomic E-state index is -0.0294. The molecule has 0 atom stereocenters. The molecule has 0 radical (unpaired) electrons. The van der Waals surface area contributed by atoms with Gasteiger partial charge in [0.15, 0.2) is 0 Å². The predicted molar refractivity (Wildman–Crippen MR) is 52.5 cm³/mol. The predicted octanol–water partition coefficient (Wildman–Crippen LogP) is 1.74. The number of fused-ring (bicyclic) bond motifs is 1. The van der Waals surface area contributed by atoms with Crippen LogP contribution in [0.5, 0.6) is 0 Å². The van der Waals surface area contributed by atoms with Gasteiger partial charge >= 0.3 is 0 Å². The molecule has 2 aromatic carbocycles. The Labute approximate surface area is 77.6 Å². The third-order valence-electron chi connectivity index (χ3n) is 2.20. The summed E-state index contributed by atoms with van der Waals surface area (Å²) in [6, 6.07) is 14.4. The van der Waals surface area contributed by atoms with E-state index in [0.29, 0.717) is 6.42 Å². The lowest BCUT2D eigenvalue weighted by atomic mass is 10.1. The van der Waals surface area contributed by atoms with Crippen LogP contribution in [0.25, 0.3) is 10.8 Å². The van der Waals surface area contributed by atoms with Crippen molar-refractivity contribution in [3.8, 4) is 0 Å². The Hall–Kier alpha value is -1.34. The molecule has 13 heavy (non-hydrogen) atoms. The fourth-order valence-corrected chi connectivity index (χ4v) is 1.51. The van der Waals surface area contributed by atoms with Gasteiger partial charge in [0.2, 0.25) is 0 Å². The summed E-state index contributed by atoms with van der Waals surface area (Å²) in [6.45, 7) is -0.0294. The molecule has 0 spiro atoms. The molecular formula is C12H11O-. The van der Waals surface area contributed by atoms with E-state index in [-0.39, 0.29) is 6.61 Å². The van der Waals surface area contributed by atoms with Crippen molar-refractivity contribution in [1.82, 2.24) is 0 Å². The Balaban J connectivity index is 2.49. The van der Waals surface area contributed by atoms with Crippen molar-refractivity contribution < 1.29 is 5.11 Å². The molecule has 0 aliphatic carbocycles. The van der Waals surface area contributed by atoms with Gasteiger partial charge in [-0.2, -0.15) is 0 Å². The fourth-order valence-electron chi connectivity index (χ4n) is 1.51. The minimum Gasteiger partial charge on any atom is -0.854 e. The van der Waals surface area contributed by atoms with Crippen LogP contribution >= 0.6 is 0 Å². The monoisotopic (exact) mass is 171 g/mol. The van der Waals surface area contributed by atoms with Crippen LogP contribution in [0.1, 0.15) is 5.56 Å². The zero-order valence-corrected chi connectivity index (χ0v) is 7.36. The fraction of sp³-hybridized carbons (Fsp3) is 0.167. The van der Waals surface area contributed by atoms with Crippen molar-refractivity contribution in [3.05, 3.63) is 48.0 Å². The van der Waals surface area contributed by atoms with Gasteiger partial charge in [0.25, 0.3) is 0 Å². The molecule has 0 amide bonds. The van der Waals surface area contributed by atoms with Crippen LogP contribution in [-0.2, 0) is 6.42 Å². The van der Waals surface area contributed by atoms with Gasteiger partial charge < -0.3 is 5.11 Å². The average molecular weight is 171 g/mol. The number of hydrogen-bond acceptors (Lipinski definition) is 1. The highest BCUT2D eigenvalue weighted by Gasteiger charge is 1.92. The third kappa shape index (κ3) is 1.70. The summed E-state index contributed by atoms with van der Waals surface area (Å²) in [5, 5.41) is 12.9. The van der Waals surface area contributed by atoms with Gasteiger partial charge in [-0.1, -0.05) is 42.5 Å². The third-order valence-corrected chi connectivity index (χ3v) is 2.20. The van der Waals surface area contributed by atoms with E-state index in [2.05, 4.69) is 24.3 Å². The topological polar surface area (TPSA) is 23.1 Å². The molecule has 66 valence electrons. The maximum Gasteiger partial charge on any atom is -0.0181 e. The van der Waals surface area contributed by atoms with Crippen LogP contribution in [0.15, 0.2) is 42.5 Å². The SMILES string of the molecule is [O-]CCc1ccc2ccccc2c1. The Morgan fingerprint density at radius 1 is 0.923 bits per heavy atom. The highest BCUT2D eigenvalue weighted by molar-refractivity contribution is 5.82. The first-order valence-electron chi connectivity index (χ1n) is 4.46. The van der Waals surface area contributed by atoms with Gasteiger partial charge in [0, 0.05) is 0 Å². The molecule has 0 N–H and O–H groups in total. The van der Waals surface area contributed by atoms with Crippen LogP contribution in [0.2, 0.25) is 0 Å². The van der Waals surface area contributed by atoms with E-state index in [1.165, 1.54) is 10.8 Å². The van der Waals surface area contributed by atoms with Gasteiger partial charge in [0.1, 0.15) is 0 Å². The lowest BCUT2D eigenvalue weighted by molar-refractivity contribution is -0.366. The number of hydrogen-bond donors (Lipinski definition) is 0. The molecule has 0 saturated carbocycles. The van der Waals surface area contributed by atoms with Crippen LogP contribution in [-0.4, -0.2) is 6.61 Å². The van der Waals surface area contributed by atoms with Crippen LogP contribution in [0, 0.1) is 0 Å². The maximum absolute atomic E-state index is 10.4. The van der Waals surface area contributed by atoms with Crippen LogP contribution < -0.4 is 5.11 Å². The van der Waals surface area contributed by atoms with Crippen LogP contribution in [0.3, 0.4) is 0 Å². The quantitative estimate of drug-likeness (QED) is 0.675. The summed E-state index contributed by atoms with van der Waals surface area (Å²) in [7, 11) is 0. The van der Waals surface area contributed by atoms with E-state index < -0.39 is 0 Å². The first-order valence-corrected chi connectivity index (χ1v) is 4.46. The maximum atomic E-state index is 10.4. The summed E-state index contributed by atoms with van der Waals surface area (Å²) in [4.78, 5) is 0. The van der Waals surface area contributed by atoms with Gasteiger partial charge in [-0.15, -0.1) is 6.61 Å². The Morgan fingerprint density at radius 3 is 2.46 bits per heavy atom. The summed E-state index contributed by atoms with van der Waals surface area (Å²) in [6.07, 6.45) is 0.630. The van der Waals surface area contributed by atoms with Crippen molar-refractivity contribution in [3.63, 3.8) is 0 Å². The second-order valence-corrected chi connectivity index (χ2v) is 3.14. The first-order chi connectivity index (χ1) is 6.40. The van der Waals surface area contributed by atoms with E-state index in [9.17, 15) is 5.11 Å². The van der Waals surface area contributed by atoms with E-state index in [1.54, 1.807) is 0 Å². The smallest absolute Gasteiger partial charge is 0.0181 e. The van der Waals surface area contributed by atoms with Gasteiger partial charge in [-0.25, -0.2) is 0 Å². The van der Waals surface area contributed by atoms with E-state index in [4.69, 9.17) is 0 Å². The molecule has 1 heteroatoms. The highest BCUT2D eigenvalue weighted by atomic mass is 16.2. The summed E-state index contributed by atoms with van der Waals surface area (Å²) < 4.78 is 0. The van der Waals surface area contributed by atoms with Crippen molar-refractivity contribution in [2.75, 3.05) is 6.61 Å². The molecule has 1 nitrogen and oxygen atoms in total. The van der Waals surface area contributed by atoms with Gasteiger partial charge in [0.05, 0.1) is 0 Å². The summed E-state index contributed by atoms with van der Waals surface area (Å²) >= 11 is 0. The van der Waals surface area contributed by atoms with Crippen LogP contribution in [0.4, 0.5) is 0 Å². The standard InChI is InChI=1S/C12H11O/c13-8-7-10-5-6-11-3-1-2-4-12(11)9-10/h1-6,9H,7-8H2/q-1. The number of rotatable bonds is 2. The zero-order chi connectivity index (χ0) is 9.10. The Kier molecular flexibility index (Phi) is 2.28. The summed E-state index contributed by atoms with van der Waals surface area (Å²) in [5.41, 5.74) is 1.13. The van der Waals surface area contributed by atoms with Gasteiger partial charge in [-0.3, -0.25) is 0 Å². The van der Waals surface area contributed by atoms with Gasteiger partial charge in [-0.05, 0) is 22.8 Å². The summed E-state index contributed by atoms with van der Waals surface area (Å²) in [5.74, 6) is 0. The lowest BCUT2D eigenvalue weighted by Crippen LogP contribution is -2.08. The van der Waals surface area contributed by atoms with E-state index >= 15 is 0 Å². The molecule has 0 aromatic heterocycles.